The van der Waals surface area contributed by atoms with Crippen LogP contribution in [0.1, 0.15) is 18.5 Å². The Morgan fingerprint density at radius 1 is 1.11 bits per heavy atom. The van der Waals surface area contributed by atoms with Crippen LogP contribution < -0.4 is 11.1 Å². The van der Waals surface area contributed by atoms with Crippen LogP contribution in [-0.2, 0) is 0 Å². The predicted octanol–water partition coefficient (Wildman–Crippen LogP) is 4.75. The topological polar surface area (TPSA) is 38.0 Å². The van der Waals surface area contributed by atoms with Crippen molar-refractivity contribution in [1.82, 2.24) is 0 Å². The van der Waals surface area contributed by atoms with Crippen LogP contribution in [0.4, 0.5) is 11.4 Å². The van der Waals surface area contributed by atoms with E-state index in [1.54, 1.807) is 12.1 Å². The van der Waals surface area contributed by atoms with Crippen LogP contribution in [0, 0.1) is 0 Å². The van der Waals surface area contributed by atoms with Gasteiger partial charge in [0, 0.05) is 10.0 Å². The number of anilines is 2. The number of hydrogen-bond acceptors (Lipinski definition) is 2. The molecule has 0 heterocycles. The second-order valence-corrected chi connectivity index (χ2v) is 4.96. The van der Waals surface area contributed by atoms with Crippen LogP contribution in [0.2, 0.25) is 10.0 Å². The second kappa shape index (κ2) is 5.51. The summed E-state index contributed by atoms with van der Waals surface area (Å²) in [6, 6.07) is 13.2. The summed E-state index contributed by atoms with van der Waals surface area (Å²) in [6.45, 7) is 2.04. The third-order valence-corrected chi connectivity index (χ3v) is 3.34. The van der Waals surface area contributed by atoms with E-state index in [1.165, 1.54) is 0 Å². The number of hydrogen-bond donors (Lipinski definition) is 2. The molecule has 3 N–H and O–H groups in total. The smallest absolute Gasteiger partial charge is 0.0579 e. The Morgan fingerprint density at radius 3 is 2.50 bits per heavy atom. The van der Waals surface area contributed by atoms with Crippen molar-refractivity contribution in [1.29, 1.82) is 0 Å². The van der Waals surface area contributed by atoms with Crippen molar-refractivity contribution >= 4 is 34.6 Å². The van der Waals surface area contributed by atoms with Crippen LogP contribution in [0.5, 0.6) is 0 Å². The highest BCUT2D eigenvalue weighted by Gasteiger charge is 2.10. The Kier molecular flexibility index (Phi) is 4.00. The molecule has 2 aromatic rings. The van der Waals surface area contributed by atoms with E-state index in [1.807, 2.05) is 37.3 Å². The highest BCUT2D eigenvalue weighted by Crippen LogP contribution is 2.29. The van der Waals surface area contributed by atoms with Crippen molar-refractivity contribution in [2.45, 2.75) is 13.0 Å². The Balaban J connectivity index is 2.21. The summed E-state index contributed by atoms with van der Waals surface area (Å²) < 4.78 is 0. The molecule has 0 spiro atoms. The van der Waals surface area contributed by atoms with Crippen molar-refractivity contribution in [3.63, 3.8) is 0 Å². The monoisotopic (exact) mass is 280 g/mol. The summed E-state index contributed by atoms with van der Waals surface area (Å²) in [7, 11) is 0. The fraction of sp³-hybridized carbons (Fsp3) is 0.143. The van der Waals surface area contributed by atoms with Crippen LogP contribution in [0.15, 0.2) is 42.5 Å². The zero-order valence-corrected chi connectivity index (χ0v) is 11.5. The summed E-state index contributed by atoms with van der Waals surface area (Å²) in [5.74, 6) is 0. The van der Waals surface area contributed by atoms with E-state index in [-0.39, 0.29) is 6.04 Å². The van der Waals surface area contributed by atoms with Crippen LogP contribution in [0.3, 0.4) is 0 Å². The lowest BCUT2D eigenvalue weighted by Gasteiger charge is -2.18. The molecule has 0 saturated heterocycles. The van der Waals surface area contributed by atoms with Gasteiger partial charge in [-0.15, -0.1) is 0 Å². The van der Waals surface area contributed by atoms with Crippen molar-refractivity contribution in [3.8, 4) is 0 Å². The van der Waals surface area contributed by atoms with Gasteiger partial charge in [0.25, 0.3) is 0 Å². The van der Waals surface area contributed by atoms with Gasteiger partial charge in [0.2, 0.25) is 0 Å². The highest BCUT2D eigenvalue weighted by molar-refractivity contribution is 6.31. The number of benzene rings is 2. The van der Waals surface area contributed by atoms with Gasteiger partial charge < -0.3 is 11.1 Å². The largest absolute Gasteiger partial charge is 0.397 e. The van der Waals surface area contributed by atoms with E-state index in [4.69, 9.17) is 28.9 Å². The zero-order chi connectivity index (χ0) is 13.1. The first-order valence-corrected chi connectivity index (χ1v) is 6.39. The lowest BCUT2D eigenvalue weighted by molar-refractivity contribution is 0.886. The molecule has 2 rings (SSSR count). The first-order chi connectivity index (χ1) is 8.58. The minimum Gasteiger partial charge on any atom is -0.397 e. The molecule has 1 unspecified atom stereocenters. The fourth-order valence-electron chi connectivity index (χ4n) is 1.80. The Hall–Kier alpha value is -1.38. The number of nitrogen functional groups attached to an aromatic ring is 1. The highest BCUT2D eigenvalue weighted by atomic mass is 35.5. The van der Waals surface area contributed by atoms with Crippen molar-refractivity contribution in [3.05, 3.63) is 58.1 Å². The van der Waals surface area contributed by atoms with Gasteiger partial charge in [-0.2, -0.15) is 0 Å². The third-order valence-electron chi connectivity index (χ3n) is 2.76. The summed E-state index contributed by atoms with van der Waals surface area (Å²) in [5.41, 5.74) is 8.42. The number of nitrogens with two attached hydrogens (primary N) is 1. The molecule has 0 amide bonds. The predicted molar refractivity (Wildman–Crippen MR) is 79.4 cm³/mol. The van der Waals surface area contributed by atoms with Crippen LogP contribution >= 0.6 is 23.2 Å². The van der Waals surface area contributed by atoms with Gasteiger partial charge in [0.1, 0.15) is 0 Å². The van der Waals surface area contributed by atoms with Gasteiger partial charge in [-0.05, 0) is 36.8 Å². The molecule has 0 aliphatic heterocycles. The molecule has 0 aliphatic rings. The maximum Gasteiger partial charge on any atom is 0.0579 e. The van der Waals surface area contributed by atoms with Crippen molar-refractivity contribution < 1.29 is 0 Å². The molecule has 0 fully saturated rings. The second-order valence-electron chi connectivity index (χ2n) is 4.12. The van der Waals surface area contributed by atoms with Crippen molar-refractivity contribution in [2.24, 2.45) is 0 Å². The molecule has 2 nitrogen and oxygen atoms in total. The molecule has 0 radical (unpaired) electrons. The summed E-state index contributed by atoms with van der Waals surface area (Å²) >= 11 is 12.0. The summed E-state index contributed by atoms with van der Waals surface area (Å²) in [4.78, 5) is 0. The van der Waals surface area contributed by atoms with E-state index in [0.717, 1.165) is 16.3 Å². The lowest BCUT2D eigenvalue weighted by atomic mass is 10.1. The molecular formula is C14H14Cl2N2. The maximum atomic E-state index is 6.16. The molecule has 18 heavy (non-hydrogen) atoms. The lowest BCUT2D eigenvalue weighted by Crippen LogP contribution is -2.08. The van der Waals surface area contributed by atoms with Gasteiger partial charge in [0.05, 0.1) is 17.4 Å². The molecule has 4 heteroatoms. The zero-order valence-electron chi connectivity index (χ0n) is 9.95. The first kappa shape index (κ1) is 13.1. The normalized spacial score (nSPS) is 12.2. The van der Waals surface area contributed by atoms with Gasteiger partial charge in [-0.1, -0.05) is 41.4 Å². The Labute approximate surface area is 117 Å². The number of rotatable bonds is 3. The van der Waals surface area contributed by atoms with E-state index < -0.39 is 0 Å². The molecule has 0 saturated carbocycles. The van der Waals surface area contributed by atoms with E-state index >= 15 is 0 Å². The fourth-order valence-corrected chi connectivity index (χ4v) is 2.28. The average Bonchev–Trinajstić information content (AvgIpc) is 2.33. The Bertz CT molecular complexity index is 555. The maximum absolute atomic E-state index is 6.16. The first-order valence-electron chi connectivity index (χ1n) is 5.64. The third kappa shape index (κ3) is 2.89. The van der Waals surface area contributed by atoms with E-state index in [9.17, 15) is 0 Å². The molecule has 94 valence electrons. The van der Waals surface area contributed by atoms with Crippen LogP contribution in [-0.4, -0.2) is 0 Å². The summed E-state index contributed by atoms with van der Waals surface area (Å²) in [6.07, 6.45) is 0. The van der Waals surface area contributed by atoms with Crippen LogP contribution in [0.25, 0.3) is 0 Å². The molecule has 2 aromatic carbocycles. The van der Waals surface area contributed by atoms with E-state index in [2.05, 4.69) is 5.32 Å². The molecule has 0 bridgehead atoms. The molecule has 1 atom stereocenters. The Morgan fingerprint density at radius 2 is 1.83 bits per heavy atom. The van der Waals surface area contributed by atoms with Gasteiger partial charge >= 0.3 is 0 Å². The number of nitrogens with one attached hydrogen (secondary N) is 1. The van der Waals surface area contributed by atoms with Crippen molar-refractivity contribution in [2.75, 3.05) is 11.1 Å². The minimum atomic E-state index is 0.0715. The van der Waals surface area contributed by atoms with Gasteiger partial charge in [-0.25, -0.2) is 0 Å². The number of halogens is 2. The molecule has 0 aliphatic carbocycles. The van der Waals surface area contributed by atoms with E-state index in [0.29, 0.717) is 10.7 Å². The molecular weight excluding hydrogens is 267 g/mol. The standard InChI is InChI=1S/C14H14Cl2N2/c1-9(11-4-2-3-5-12(11)16)18-14-7-6-10(15)8-13(14)17/h2-9,18H,17H2,1H3. The quantitative estimate of drug-likeness (QED) is 0.797. The van der Waals surface area contributed by atoms with Gasteiger partial charge in [-0.3, -0.25) is 0 Å². The SMILES string of the molecule is CC(Nc1ccc(Cl)cc1N)c1ccccc1Cl. The average molecular weight is 281 g/mol. The minimum absolute atomic E-state index is 0.0715. The summed E-state index contributed by atoms with van der Waals surface area (Å²) in [5, 5.41) is 4.70. The molecule has 0 aromatic heterocycles. The van der Waals surface area contributed by atoms with Gasteiger partial charge in [0.15, 0.2) is 0 Å².